The van der Waals surface area contributed by atoms with Gasteiger partial charge in [0.1, 0.15) is 11.2 Å². The fourth-order valence-corrected chi connectivity index (χ4v) is 3.13. The highest BCUT2D eigenvalue weighted by atomic mass is 16.3. The van der Waals surface area contributed by atoms with Crippen LogP contribution in [0, 0.1) is 13.8 Å². The molecule has 2 nitrogen and oxygen atoms in total. The molecule has 3 aromatic rings. The maximum atomic E-state index is 6.25. The number of para-hydroxylation sites is 1. The molecule has 2 heteroatoms. The standard InChI is InChI=1S/C19H17NO/c1-12-9-10-15-14-7-5-6-13(2)18(14)21-19(15)17(12)16-8-3-4-11-20-16/h3-11,16,20H,1-2H3. The average Bonchev–Trinajstić information content (AvgIpc) is 2.88. The average molecular weight is 275 g/mol. The highest BCUT2D eigenvalue weighted by molar-refractivity contribution is 6.07. The van der Waals surface area contributed by atoms with E-state index in [2.05, 4.69) is 61.6 Å². The van der Waals surface area contributed by atoms with Crippen LogP contribution in [-0.4, -0.2) is 0 Å². The lowest BCUT2D eigenvalue weighted by Gasteiger charge is -2.18. The third-order valence-corrected chi connectivity index (χ3v) is 4.22. The van der Waals surface area contributed by atoms with Crippen LogP contribution in [0.2, 0.25) is 0 Å². The number of hydrogen-bond donors (Lipinski definition) is 1. The fourth-order valence-electron chi connectivity index (χ4n) is 3.13. The largest absolute Gasteiger partial charge is 0.455 e. The number of aryl methyl sites for hydroxylation is 2. The van der Waals surface area contributed by atoms with Crippen LogP contribution < -0.4 is 5.32 Å². The van der Waals surface area contributed by atoms with Crippen LogP contribution in [0.25, 0.3) is 21.9 Å². The summed E-state index contributed by atoms with van der Waals surface area (Å²) in [6.07, 6.45) is 8.24. The molecule has 2 aromatic carbocycles. The normalized spacial score (nSPS) is 17.5. The smallest absolute Gasteiger partial charge is 0.141 e. The van der Waals surface area contributed by atoms with Gasteiger partial charge in [-0.05, 0) is 37.3 Å². The van der Waals surface area contributed by atoms with Gasteiger partial charge < -0.3 is 9.73 Å². The third-order valence-electron chi connectivity index (χ3n) is 4.22. The molecule has 0 saturated carbocycles. The molecule has 0 spiro atoms. The van der Waals surface area contributed by atoms with Gasteiger partial charge in [-0.2, -0.15) is 0 Å². The summed E-state index contributed by atoms with van der Waals surface area (Å²) < 4.78 is 6.25. The summed E-state index contributed by atoms with van der Waals surface area (Å²) in [5, 5.41) is 5.79. The first-order valence-corrected chi connectivity index (χ1v) is 7.26. The molecule has 104 valence electrons. The van der Waals surface area contributed by atoms with Crippen LogP contribution in [0.3, 0.4) is 0 Å². The quantitative estimate of drug-likeness (QED) is 0.682. The summed E-state index contributed by atoms with van der Waals surface area (Å²) in [7, 11) is 0. The predicted octanol–water partition coefficient (Wildman–Crippen LogP) is 4.92. The lowest BCUT2D eigenvalue weighted by molar-refractivity contribution is 0.644. The summed E-state index contributed by atoms with van der Waals surface area (Å²) in [6.45, 7) is 4.24. The molecule has 1 aromatic heterocycles. The van der Waals surface area contributed by atoms with Gasteiger partial charge in [0, 0.05) is 16.3 Å². The molecule has 1 aliphatic heterocycles. The van der Waals surface area contributed by atoms with Gasteiger partial charge in [0.2, 0.25) is 0 Å². The molecule has 2 heterocycles. The zero-order valence-corrected chi connectivity index (χ0v) is 12.2. The van der Waals surface area contributed by atoms with Crippen LogP contribution in [0.1, 0.15) is 22.7 Å². The van der Waals surface area contributed by atoms with E-state index < -0.39 is 0 Å². The monoisotopic (exact) mass is 275 g/mol. The lowest BCUT2D eigenvalue weighted by Crippen LogP contribution is -2.16. The Morgan fingerprint density at radius 3 is 2.57 bits per heavy atom. The van der Waals surface area contributed by atoms with E-state index in [-0.39, 0.29) is 6.04 Å². The Kier molecular flexibility index (Phi) is 2.64. The molecule has 4 rings (SSSR count). The highest BCUT2D eigenvalue weighted by Crippen LogP contribution is 2.37. The van der Waals surface area contributed by atoms with Crippen LogP contribution in [0.5, 0.6) is 0 Å². The summed E-state index contributed by atoms with van der Waals surface area (Å²) in [6, 6.07) is 10.8. The lowest BCUT2D eigenvalue weighted by atomic mass is 9.96. The SMILES string of the molecule is Cc1ccc2c(oc3c(C)cccc32)c1C1C=CC=CN1. The second-order valence-corrected chi connectivity index (χ2v) is 5.61. The molecule has 0 radical (unpaired) electrons. The fraction of sp³-hybridized carbons (Fsp3) is 0.158. The van der Waals surface area contributed by atoms with Crippen molar-refractivity contribution in [2.24, 2.45) is 0 Å². The summed E-state index contributed by atoms with van der Waals surface area (Å²) in [5.74, 6) is 0. The van der Waals surface area contributed by atoms with E-state index >= 15 is 0 Å². The van der Waals surface area contributed by atoms with E-state index in [0.29, 0.717) is 0 Å². The van der Waals surface area contributed by atoms with E-state index in [9.17, 15) is 0 Å². The molecule has 0 fully saturated rings. The number of allylic oxidation sites excluding steroid dienone is 2. The second-order valence-electron chi connectivity index (χ2n) is 5.61. The Balaban J connectivity index is 2.07. The molecular formula is C19H17NO. The van der Waals surface area contributed by atoms with Gasteiger partial charge in [0.25, 0.3) is 0 Å². The Morgan fingerprint density at radius 1 is 0.905 bits per heavy atom. The van der Waals surface area contributed by atoms with Crippen molar-refractivity contribution in [1.82, 2.24) is 5.32 Å². The first-order chi connectivity index (χ1) is 10.3. The molecule has 0 aliphatic carbocycles. The van der Waals surface area contributed by atoms with Gasteiger partial charge in [-0.15, -0.1) is 0 Å². The van der Waals surface area contributed by atoms with E-state index in [4.69, 9.17) is 4.42 Å². The molecule has 0 bridgehead atoms. The Labute approximate surface area is 123 Å². The number of dihydropyridines is 1. The maximum absolute atomic E-state index is 6.25. The van der Waals surface area contributed by atoms with E-state index in [1.807, 2.05) is 12.3 Å². The van der Waals surface area contributed by atoms with Crippen molar-refractivity contribution in [1.29, 1.82) is 0 Å². The zero-order valence-electron chi connectivity index (χ0n) is 12.2. The summed E-state index contributed by atoms with van der Waals surface area (Å²) in [4.78, 5) is 0. The van der Waals surface area contributed by atoms with Crippen molar-refractivity contribution in [2.45, 2.75) is 19.9 Å². The maximum Gasteiger partial charge on any atom is 0.141 e. The topological polar surface area (TPSA) is 25.2 Å². The number of fused-ring (bicyclic) bond motifs is 3. The van der Waals surface area contributed by atoms with Crippen molar-refractivity contribution >= 4 is 21.9 Å². The minimum absolute atomic E-state index is 0.166. The predicted molar refractivity (Wildman–Crippen MR) is 87.4 cm³/mol. The first-order valence-electron chi connectivity index (χ1n) is 7.26. The van der Waals surface area contributed by atoms with Gasteiger partial charge in [-0.25, -0.2) is 0 Å². The first kappa shape index (κ1) is 12.3. The molecular weight excluding hydrogens is 258 g/mol. The van der Waals surface area contributed by atoms with Crippen molar-refractivity contribution in [2.75, 3.05) is 0 Å². The Bertz CT molecular complexity index is 899. The van der Waals surface area contributed by atoms with Crippen molar-refractivity contribution in [3.05, 3.63) is 71.5 Å². The minimum Gasteiger partial charge on any atom is -0.455 e. The van der Waals surface area contributed by atoms with Crippen LogP contribution in [-0.2, 0) is 0 Å². The number of hydrogen-bond acceptors (Lipinski definition) is 2. The Hall–Kier alpha value is -2.48. The van der Waals surface area contributed by atoms with Crippen molar-refractivity contribution in [3.63, 3.8) is 0 Å². The van der Waals surface area contributed by atoms with E-state index in [0.717, 1.165) is 11.2 Å². The van der Waals surface area contributed by atoms with Gasteiger partial charge in [0.15, 0.2) is 0 Å². The summed E-state index contributed by atoms with van der Waals surface area (Å²) >= 11 is 0. The molecule has 0 amide bonds. The van der Waals surface area contributed by atoms with Gasteiger partial charge in [-0.1, -0.05) is 42.5 Å². The zero-order chi connectivity index (χ0) is 14.4. The minimum atomic E-state index is 0.166. The van der Waals surface area contributed by atoms with Crippen LogP contribution >= 0.6 is 0 Å². The molecule has 1 unspecified atom stereocenters. The number of furan rings is 1. The Morgan fingerprint density at radius 2 is 1.76 bits per heavy atom. The van der Waals surface area contributed by atoms with E-state index in [1.165, 1.54) is 27.5 Å². The third kappa shape index (κ3) is 1.79. The van der Waals surface area contributed by atoms with Gasteiger partial charge in [-0.3, -0.25) is 0 Å². The van der Waals surface area contributed by atoms with Crippen molar-refractivity contribution in [3.8, 4) is 0 Å². The second kappa shape index (κ2) is 4.52. The summed E-state index contributed by atoms with van der Waals surface area (Å²) in [5.41, 5.74) is 5.64. The molecule has 1 atom stereocenters. The number of rotatable bonds is 1. The number of benzene rings is 2. The molecule has 1 N–H and O–H groups in total. The molecule has 1 aliphatic rings. The highest BCUT2D eigenvalue weighted by Gasteiger charge is 2.19. The van der Waals surface area contributed by atoms with Gasteiger partial charge >= 0.3 is 0 Å². The van der Waals surface area contributed by atoms with E-state index in [1.54, 1.807) is 0 Å². The van der Waals surface area contributed by atoms with Crippen molar-refractivity contribution < 1.29 is 4.42 Å². The van der Waals surface area contributed by atoms with Crippen LogP contribution in [0.4, 0.5) is 0 Å². The molecule has 21 heavy (non-hydrogen) atoms. The number of nitrogens with one attached hydrogen (secondary N) is 1. The van der Waals surface area contributed by atoms with Gasteiger partial charge in [0.05, 0.1) is 6.04 Å². The molecule has 0 saturated heterocycles. The van der Waals surface area contributed by atoms with Crippen LogP contribution in [0.15, 0.2) is 59.2 Å².